The third kappa shape index (κ3) is 2.66. The summed E-state index contributed by atoms with van der Waals surface area (Å²) in [6.07, 6.45) is 5.47. The maximum atomic E-state index is 12.1. The number of rotatable bonds is 4. The number of piperidine rings is 1. The van der Waals surface area contributed by atoms with Crippen LogP contribution in [-0.4, -0.2) is 35.6 Å². The van der Waals surface area contributed by atoms with Gasteiger partial charge in [-0.05, 0) is 44.7 Å². The fourth-order valence-electron chi connectivity index (χ4n) is 3.69. The van der Waals surface area contributed by atoms with E-state index in [0.717, 1.165) is 25.9 Å². The van der Waals surface area contributed by atoms with E-state index in [4.69, 9.17) is 0 Å². The first-order chi connectivity index (χ1) is 8.67. The normalized spacial score (nSPS) is 33.2. The minimum atomic E-state index is -0.297. The Balaban J connectivity index is 2.09. The van der Waals surface area contributed by atoms with Crippen molar-refractivity contribution >= 4 is 11.6 Å². The highest BCUT2D eigenvalue weighted by molar-refractivity contribution is 6.02. The van der Waals surface area contributed by atoms with E-state index < -0.39 is 0 Å². The first-order valence-corrected chi connectivity index (χ1v) is 7.46. The molecule has 102 valence electrons. The summed E-state index contributed by atoms with van der Waals surface area (Å²) in [5.41, 5.74) is 0. The van der Waals surface area contributed by atoms with E-state index in [0.29, 0.717) is 24.8 Å². The Morgan fingerprint density at radius 2 is 2.17 bits per heavy atom. The van der Waals surface area contributed by atoms with Crippen LogP contribution in [0.2, 0.25) is 0 Å². The highest BCUT2D eigenvalue weighted by Crippen LogP contribution is 2.37. The second-order valence-electron chi connectivity index (χ2n) is 5.78. The van der Waals surface area contributed by atoms with E-state index in [-0.39, 0.29) is 17.5 Å². The molecule has 1 aliphatic heterocycles. The van der Waals surface area contributed by atoms with Crippen molar-refractivity contribution in [2.45, 2.75) is 58.4 Å². The molecule has 2 rings (SSSR count). The summed E-state index contributed by atoms with van der Waals surface area (Å²) in [6.45, 7) is 6.33. The molecule has 1 saturated carbocycles. The molecule has 0 N–H and O–H groups in total. The van der Waals surface area contributed by atoms with Gasteiger partial charge in [0.15, 0.2) is 0 Å². The van der Waals surface area contributed by atoms with Gasteiger partial charge >= 0.3 is 0 Å². The lowest BCUT2D eigenvalue weighted by Crippen LogP contribution is -2.51. The lowest BCUT2D eigenvalue weighted by molar-refractivity contribution is -0.138. The molecule has 0 aromatic carbocycles. The van der Waals surface area contributed by atoms with Crippen molar-refractivity contribution in [3.63, 3.8) is 0 Å². The monoisotopic (exact) mass is 251 g/mol. The Morgan fingerprint density at radius 3 is 2.83 bits per heavy atom. The van der Waals surface area contributed by atoms with Crippen molar-refractivity contribution in [1.82, 2.24) is 4.90 Å². The van der Waals surface area contributed by atoms with E-state index in [1.807, 2.05) is 6.92 Å². The number of likely N-dealkylation sites (tertiary alicyclic amines) is 1. The van der Waals surface area contributed by atoms with Gasteiger partial charge in [0.2, 0.25) is 0 Å². The molecule has 0 amide bonds. The van der Waals surface area contributed by atoms with Gasteiger partial charge in [-0.1, -0.05) is 13.8 Å². The molecule has 3 nitrogen and oxygen atoms in total. The van der Waals surface area contributed by atoms with E-state index >= 15 is 0 Å². The van der Waals surface area contributed by atoms with Crippen molar-refractivity contribution in [3.8, 4) is 0 Å². The van der Waals surface area contributed by atoms with E-state index in [1.165, 1.54) is 12.8 Å². The predicted molar refractivity (Wildman–Crippen MR) is 71.4 cm³/mol. The quantitative estimate of drug-likeness (QED) is 0.720. The van der Waals surface area contributed by atoms with Gasteiger partial charge in [0.1, 0.15) is 11.6 Å². The molecule has 2 aliphatic rings. The lowest BCUT2D eigenvalue weighted by Gasteiger charge is -2.45. The highest BCUT2D eigenvalue weighted by Gasteiger charge is 2.42. The molecule has 3 heteroatoms. The average Bonchev–Trinajstić information content (AvgIpc) is 2.37. The van der Waals surface area contributed by atoms with Crippen molar-refractivity contribution in [2.75, 3.05) is 13.1 Å². The Morgan fingerprint density at radius 1 is 1.39 bits per heavy atom. The molecule has 1 heterocycles. The molecule has 0 radical (unpaired) electrons. The average molecular weight is 251 g/mol. The molecule has 0 bridgehead atoms. The number of carbonyl (C=O) groups is 2. The van der Waals surface area contributed by atoms with Gasteiger partial charge in [-0.3, -0.25) is 9.59 Å². The van der Waals surface area contributed by atoms with E-state index in [2.05, 4.69) is 11.8 Å². The molecule has 18 heavy (non-hydrogen) atoms. The van der Waals surface area contributed by atoms with Crippen molar-refractivity contribution in [1.29, 1.82) is 0 Å². The van der Waals surface area contributed by atoms with Gasteiger partial charge in [-0.15, -0.1) is 0 Å². The SMILES string of the molecule is CCCN1CCC[C@H]2CC(=O)C(C(=O)CC)C[C@@H]21. The van der Waals surface area contributed by atoms with Crippen LogP contribution in [0.5, 0.6) is 0 Å². The smallest absolute Gasteiger partial charge is 0.143 e. The van der Waals surface area contributed by atoms with E-state index in [9.17, 15) is 9.59 Å². The Hall–Kier alpha value is -0.700. The molecule has 0 aromatic heterocycles. The van der Waals surface area contributed by atoms with Gasteiger partial charge < -0.3 is 4.90 Å². The zero-order chi connectivity index (χ0) is 13.1. The highest BCUT2D eigenvalue weighted by atomic mass is 16.1. The first-order valence-electron chi connectivity index (χ1n) is 7.46. The van der Waals surface area contributed by atoms with Crippen molar-refractivity contribution in [2.24, 2.45) is 11.8 Å². The van der Waals surface area contributed by atoms with Gasteiger partial charge in [-0.2, -0.15) is 0 Å². The number of hydrogen-bond acceptors (Lipinski definition) is 3. The number of carbonyl (C=O) groups excluding carboxylic acids is 2. The van der Waals surface area contributed by atoms with Crippen LogP contribution in [0.4, 0.5) is 0 Å². The summed E-state index contributed by atoms with van der Waals surface area (Å²) in [6, 6.07) is 0.483. The molecule has 0 spiro atoms. The van der Waals surface area contributed by atoms with Crippen LogP contribution in [0.1, 0.15) is 52.4 Å². The van der Waals surface area contributed by atoms with Crippen LogP contribution in [0.15, 0.2) is 0 Å². The maximum absolute atomic E-state index is 12.1. The lowest BCUT2D eigenvalue weighted by atomic mass is 9.71. The Labute approximate surface area is 110 Å². The molecule has 1 saturated heterocycles. The number of hydrogen-bond donors (Lipinski definition) is 0. The summed E-state index contributed by atoms with van der Waals surface area (Å²) in [4.78, 5) is 26.5. The minimum Gasteiger partial charge on any atom is -0.300 e. The predicted octanol–water partition coefficient (Wildman–Crippen LogP) is 2.44. The summed E-state index contributed by atoms with van der Waals surface area (Å²) in [5, 5.41) is 0. The van der Waals surface area contributed by atoms with Gasteiger partial charge in [0.05, 0.1) is 5.92 Å². The Bertz CT molecular complexity index is 324. The van der Waals surface area contributed by atoms with Crippen molar-refractivity contribution < 1.29 is 9.59 Å². The van der Waals surface area contributed by atoms with Crippen LogP contribution in [0.25, 0.3) is 0 Å². The summed E-state index contributed by atoms with van der Waals surface area (Å²) in [7, 11) is 0. The molecular weight excluding hydrogens is 226 g/mol. The minimum absolute atomic E-state index is 0.153. The first kappa shape index (κ1) is 13.7. The standard InChI is InChI=1S/C15H25NO2/c1-3-7-16-8-5-6-11-9-15(18)12(10-13(11)16)14(17)4-2/h11-13H,3-10H2,1-2H3/t11-,12?,13-/m0/s1. The fourth-order valence-corrected chi connectivity index (χ4v) is 3.69. The third-order valence-electron chi connectivity index (χ3n) is 4.61. The zero-order valence-electron chi connectivity index (χ0n) is 11.7. The fraction of sp³-hybridized carbons (Fsp3) is 0.867. The summed E-state index contributed by atoms with van der Waals surface area (Å²) >= 11 is 0. The van der Waals surface area contributed by atoms with E-state index in [1.54, 1.807) is 0 Å². The third-order valence-corrected chi connectivity index (χ3v) is 4.61. The molecule has 1 unspecified atom stereocenters. The maximum Gasteiger partial charge on any atom is 0.143 e. The molecule has 3 atom stereocenters. The summed E-state index contributed by atoms with van der Waals surface area (Å²) in [5.74, 6) is 0.578. The molecule has 2 fully saturated rings. The van der Waals surface area contributed by atoms with Gasteiger partial charge in [0.25, 0.3) is 0 Å². The second kappa shape index (κ2) is 5.96. The largest absolute Gasteiger partial charge is 0.300 e. The van der Waals surface area contributed by atoms with Crippen LogP contribution < -0.4 is 0 Å². The van der Waals surface area contributed by atoms with Crippen LogP contribution in [0, 0.1) is 11.8 Å². The molecule has 1 aliphatic carbocycles. The van der Waals surface area contributed by atoms with Crippen LogP contribution >= 0.6 is 0 Å². The van der Waals surface area contributed by atoms with Gasteiger partial charge in [0, 0.05) is 18.9 Å². The number of Topliss-reactive ketones (excluding diaryl/α,β-unsaturated/α-hetero) is 2. The number of ketones is 2. The topological polar surface area (TPSA) is 37.4 Å². The van der Waals surface area contributed by atoms with Crippen LogP contribution in [0.3, 0.4) is 0 Å². The number of fused-ring (bicyclic) bond motifs is 1. The van der Waals surface area contributed by atoms with Crippen LogP contribution in [-0.2, 0) is 9.59 Å². The second-order valence-corrected chi connectivity index (χ2v) is 5.78. The molecular formula is C15H25NO2. The zero-order valence-corrected chi connectivity index (χ0v) is 11.7. The van der Waals surface area contributed by atoms with Gasteiger partial charge in [-0.25, -0.2) is 0 Å². The molecule has 0 aromatic rings. The number of nitrogens with zero attached hydrogens (tertiary/aromatic N) is 1. The Kier molecular flexibility index (Phi) is 4.55. The summed E-state index contributed by atoms with van der Waals surface area (Å²) < 4.78 is 0. The van der Waals surface area contributed by atoms with Crippen molar-refractivity contribution in [3.05, 3.63) is 0 Å².